The van der Waals surface area contributed by atoms with E-state index >= 15 is 0 Å². The van der Waals surface area contributed by atoms with Crippen LogP contribution in [0.1, 0.15) is 29.2 Å². The summed E-state index contributed by atoms with van der Waals surface area (Å²) in [5.41, 5.74) is 8.64. The van der Waals surface area contributed by atoms with Crippen LogP contribution in [0.4, 0.5) is 0 Å². The Morgan fingerprint density at radius 2 is 1.16 bits per heavy atom. The summed E-state index contributed by atoms with van der Waals surface area (Å²) >= 11 is 0. The normalized spacial score (nSPS) is 16.3. The van der Waals surface area contributed by atoms with Crippen LogP contribution in [0.3, 0.4) is 0 Å². The summed E-state index contributed by atoms with van der Waals surface area (Å²) in [5, 5.41) is 0.224. The van der Waals surface area contributed by atoms with Gasteiger partial charge in [-0.1, -0.05) is 78.9 Å². The highest BCUT2D eigenvalue weighted by molar-refractivity contribution is 7.59. The molecule has 31 heavy (non-hydrogen) atoms. The molecule has 0 radical (unpaired) electrons. The van der Waals surface area contributed by atoms with E-state index in [2.05, 4.69) is 66.7 Å². The van der Waals surface area contributed by atoms with Crippen molar-refractivity contribution in [3.8, 4) is 22.3 Å². The Bertz CT molecular complexity index is 1340. The standard InChI is InChI=1S/C27H21O3P/c1-2-30-31(28,29)18-15-16-22-21-11-5-8-14-25(21)27(26(22)17-18)23-12-6-3-9-19(23)20-10-4-7-13-24(20)27/h3-17H,2H2,1H3,(H,28,29)/p-1. The molecule has 0 saturated carbocycles. The molecule has 0 saturated heterocycles. The minimum Gasteiger partial charge on any atom is -0.775 e. The van der Waals surface area contributed by atoms with Crippen LogP contribution >= 0.6 is 7.60 Å². The molecule has 0 fully saturated rings. The van der Waals surface area contributed by atoms with Gasteiger partial charge in [-0.2, -0.15) is 0 Å². The lowest BCUT2D eigenvalue weighted by Gasteiger charge is -2.31. The maximum atomic E-state index is 12.8. The lowest BCUT2D eigenvalue weighted by atomic mass is 9.70. The van der Waals surface area contributed by atoms with Crippen molar-refractivity contribution >= 4 is 12.9 Å². The molecule has 0 N–H and O–H groups in total. The second-order valence-corrected chi connectivity index (χ2v) is 9.80. The zero-order valence-electron chi connectivity index (χ0n) is 17.0. The summed E-state index contributed by atoms with van der Waals surface area (Å²) in [4.78, 5) is 12.8. The Hall–Kier alpha value is -2.97. The molecule has 0 aromatic heterocycles. The lowest BCUT2D eigenvalue weighted by Crippen LogP contribution is -2.27. The molecule has 4 heteroatoms. The largest absolute Gasteiger partial charge is 0.775 e. The van der Waals surface area contributed by atoms with E-state index in [1.54, 1.807) is 13.0 Å². The third kappa shape index (κ3) is 2.34. The van der Waals surface area contributed by atoms with Gasteiger partial charge in [0.25, 0.3) is 0 Å². The fourth-order valence-corrected chi connectivity index (χ4v) is 6.53. The maximum Gasteiger partial charge on any atom is 0.165 e. The summed E-state index contributed by atoms with van der Waals surface area (Å²) in [5.74, 6) is 0. The Balaban J connectivity index is 1.76. The molecule has 0 bridgehead atoms. The van der Waals surface area contributed by atoms with Gasteiger partial charge in [0.05, 0.1) is 12.0 Å². The summed E-state index contributed by atoms with van der Waals surface area (Å²) < 4.78 is 17.9. The van der Waals surface area contributed by atoms with Crippen LogP contribution in [0, 0.1) is 0 Å². The second-order valence-electron chi connectivity index (χ2n) is 8.03. The highest BCUT2D eigenvalue weighted by atomic mass is 31.2. The van der Waals surface area contributed by atoms with Crippen LogP contribution in [0.5, 0.6) is 0 Å². The van der Waals surface area contributed by atoms with Crippen LogP contribution in [0.25, 0.3) is 22.3 Å². The summed E-state index contributed by atoms with van der Waals surface area (Å²) in [6, 6.07) is 30.8. The van der Waals surface area contributed by atoms with Gasteiger partial charge in [-0.25, -0.2) is 0 Å². The first-order valence-corrected chi connectivity index (χ1v) is 12.0. The average Bonchev–Trinajstić information content (AvgIpc) is 3.26. The van der Waals surface area contributed by atoms with Gasteiger partial charge in [0, 0.05) is 5.30 Å². The molecule has 1 unspecified atom stereocenters. The van der Waals surface area contributed by atoms with Crippen LogP contribution in [-0.4, -0.2) is 6.61 Å². The minimum atomic E-state index is -4.15. The van der Waals surface area contributed by atoms with E-state index in [0.29, 0.717) is 0 Å². The van der Waals surface area contributed by atoms with Crippen molar-refractivity contribution in [2.45, 2.75) is 12.3 Å². The first kappa shape index (κ1) is 18.8. The zero-order valence-corrected chi connectivity index (χ0v) is 17.9. The first-order valence-electron chi connectivity index (χ1n) is 10.5. The van der Waals surface area contributed by atoms with E-state index < -0.39 is 13.0 Å². The third-order valence-electron chi connectivity index (χ3n) is 6.60. The van der Waals surface area contributed by atoms with E-state index in [-0.39, 0.29) is 11.9 Å². The molecule has 1 atom stereocenters. The third-order valence-corrected chi connectivity index (χ3v) is 8.10. The molecular formula is C27H20O3P-. The SMILES string of the molecule is CCOP(=O)([O-])c1ccc2c(c1)C1(c3ccccc3-c3ccccc31)c1ccccc1-2. The Kier molecular flexibility index (Phi) is 3.94. The van der Waals surface area contributed by atoms with Crippen molar-refractivity contribution in [3.63, 3.8) is 0 Å². The zero-order chi connectivity index (χ0) is 21.2. The van der Waals surface area contributed by atoms with Crippen LogP contribution in [-0.2, 0) is 14.5 Å². The molecule has 152 valence electrons. The van der Waals surface area contributed by atoms with Gasteiger partial charge in [-0.05, 0) is 63.6 Å². The summed E-state index contributed by atoms with van der Waals surface area (Å²) in [7, 11) is -4.15. The summed E-state index contributed by atoms with van der Waals surface area (Å²) in [6.45, 7) is 1.81. The van der Waals surface area contributed by atoms with Gasteiger partial charge in [-0.15, -0.1) is 0 Å². The van der Waals surface area contributed by atoms with Crippen LogP contribution < -0.4 is 10.2 Å². The fraction of sp³-hybridized carbons (Fsp3) is 0.111. The quantitative estimate of drug-likeness (QED) is 0.366. The molecule has 3 nitrogen and oxygen atoms in total. The fourth-order valence-electron chi connectivity index (χ4n) is 5.50. The Morgan fingerprint density at radius 1 is 0.710 bits per heavy atom. The van der Waals surface area contributed by atoms with Gasteiger partial charge in [-0.3, -0.25) is 0 Å². The average molecular weight is 423 g/mol. The molecule has 0 heterocycles. The van der Waals surface area contributed by atoms with Gasteiger partial charge in [0.1, 0.15) is 0 Å². The van der Waals surface area contributed by atoms with Gasteiger partial charge >= 0.3 is 0 Å². The highest BCUT2D eigenvalue weighted by Crippen LogP contribution is 2.62. The van der Waals surface area contributed by atoms with Crippen molar-refractivity contribution in [1.82, 2.24) is 0 Å². The molecule has 2 aliphatic rings. The van der Waals surface area contributed by atoms with Crippen molar-refractivity contribution < 1.29 is 14.0 Å². The van der Waals surface area contributed by atoms with E-state index in [9.17, 15) is 9.46 Å². The molecular weight excluding hydrogens is 403 g/mol. The van der Waals surface area contributed by atoms with Crippen LogP contribution in [0.15, 0.2) is 91.0 Å². The first-order chi connectivity index (χ1) is 15.1. The molecule has 6 rings (SSSR count). The van der Waals surface area contributed by atoms with E-state index in [1.165, 1.54) is 27.8 Å². The maximum absolute atomic E-state index is 12.8. The highest BCUT2D eigenvalue weighted by Gasteiger charge is 2.51. The van der Waals surface area contributed by atoms with Crippen molar-refractivity contribution in [1.29, 1.82) is 0 Å². The molecule has 0 amide bonds. The summed E-state index contributed by atoms with van der Waals surface area (Å²) in [6.07, 6.45) is 0. The van der Waals surface area contributed by atoms with E-state index in [0.717, 1.165) is 16.7 Å². The number of hydrogen-bond donors (Lipinski definition) is 0. The van der Waals surface area contributed by atoms with Gasteiger partial charge < -0.3 is 14.0 Å². The molecule has 1 spiro atoms. The predicted molar refractivity (Wildman–Crippen MR) is 122 cm³/mol. The Labute approximate surface area is 181 Å². The van der Waals surface area contributed by atoms with Gasteiger partial charge in [0.2, 0.25) is 0 Å². The minimum absolute atomic E-state index is 0.120. The van der Waals surface area contributed by atoms with Crippen molar-refractivity contribution in [3.05, 3.63) is 113 Å². The number of rotatable bonds is 3. The number of fused-ring (bicyclic) bond motifs is 10. The predicted octanol–water partition coefficient (Wildman–Crippen LogP) is 5.25. The second kappa shape index (κ2) is 6.51. The molecule has 4 aromatic carbocycles. The Morgan fingerprint density at radius 3 is 1.65 bits per heavy atom. The van der Waals surface area contributed by atoms with Crippen LogP contribution in [0.2, 0.25) is 0 Å². The monoisotopic (exact) mass is 423 g/mol. The van der Waals surface area contributed by atoms with Gasteiger partial charge in [0.15, 0.2) is 7.60 Å². The lowest BCUT2D eigenvalue weighted by molar-refractivity contribution is -0.193. The van der Waals surface area contributed by atoms with E-state index in [1.807, 2.05) is 18.2 Å². The number of benzene rings is 4. The van der Waals surface area contributed by atoms with Crippen molar-refractivity contribution in [2.24, 2.45) is 0 Å². The van der Waals surface area contributed by atoms with E-state index in [4.69, 9.17) is 4.52 Å². The topological polar surface area (TPSA) is 49.4 Å². The molecule has 0 aliphatic heterocycles. The van der Waals surface area contributed by atoms with Crippen molar-refractivity contribution in [2.75, 3.05) is 6.61 Å². The number of hydrogen-bond acceptors (Lipinski definition) is 3. The molecule has 4 aromatic rings. The smallest absolute Gasteiger partial charge is 0.165 e. The molecule has 2 aliphatic carbocycles.